The molecule has 3 heteroatoms. The summed E-state index contributed by atoms with van der Waals surface area (Å²) in [6.45, 7) is 6.46. The predicted molar refractivity (Wildman–Crippen MR) is 75.7 cm³/mol. The van der Waals surface area contributed by atoms with E-state index in [0.29, 0.717) is 5.92 Å². The highest BCUT2D eigenvalue weighted by Crippen LogP contribution is 2.43. The number of rotatable bonds is 3. The normalized spacial score (nSPS) is 14.9. The summed E-state index contributed by atoms with van der Waals surface area (Å²) < 4.78 is 2.05. The van der Waals surface area contributed by atoms with Crippen molar-refractivity contribution in [2.24, 2.45) is 0 Å². The lowest BCUT2D eigenvalue weighted by Crippen LogP contribution is -2.07. The van der Waals surface area contributed by atoms with Crippen LogP contribution in [0.3, 0.4) is 0 Å². The van der Waals surface area contributed by atoms with Crippen LogP contribution < -0.4 is 0 Å². The molecule has 1 N–H and O–H groups in total. The molecular weight excluding hydrogens is 236 g/mol. The summed E-state index contributed by atoms with van der Waals surface area (Å²) in [7, 11) is 0. The van der Waals surface area contributed by atoms with Gasteiger partial charge in [-0.2, -0.15) is 5.10 Å². The minimum atomic E-state index is 0.0792. The average molecular weight is 256 g/mol. The zero-order valence-electron chi connectivity index (χ0n) is 11.8. The molecule has 1 fully saturated rings. The molecule has 2 aromatic rings. The molecule has 3 nitrogen and oxygen atoms in total. The Morgan fingerprint density at radius 3 is 2.37 bits per heavy atom. The Balaban J connectivity index is 2.20. The molecule has 19 heavy (non-hydrogen) atoms. The number of aryl methyl sites for hydroxylation is 3. The number of aromatic nitrogens is 2. The molecule has 1 aliphatic rings. The van der Waals surface area contributed by atoms with Gasteiger partial charge in [-0.1, -0.05) is 17.7 Å². The largest absolute Gasteiger partial charge is 0.392 e. The van der Waals surface area contributed by atoms with Crippen molar-refractivity contribution in [2.75, 3.05) is 0 Å². The Labute approximate surface area is 113 Å². The van der Waals surface area contributed by atoms with Gasteiger partial charge in [-0.25, -0.2) is 4.68 Å². The highest BCUT2D eigenvalue weighted by Gasteiger charge is 2.31. The average Bonchev–Trinajstić information content (AvgIpc) is 3.09. The zero-order valence-corrected chi connectivity index (χ0v) is 11.8. The molecule has 3 rings (SSSR count). The van der Waals surface area contributed by atoms with Gasteiger partial charge in [0, 0.05) is 11.5 Å². The predicted octanol–water partition coefficient (Wildman–Crippen LogP) is 3.17. The van der Waals surface area contributed by atoms with E-state index in [2.05, 4.69) is 38.0 Å². The Bertz CT molecular complexity index is 601. The van der Waals surface area contributed by atoms with Gasteiger partial charge in [-0.3, -0.25) is 0 Å². The van der Waals surface area contributed by atoms with Gasteiger partial charge in [0.1, 0.15) is 0 Å². The highest BCUT2D eigenvalue weighted by molar-refractivity contribution is 5.50. The first-order valence-corrected chi connectivity index (χ1v) is 6.87. The van der Waals surface area contributed by atoms with E-state index >= 15 is 0 Å². The third-order valence-electron chi connectivity index (χ3n) is 3.87. The number of benzene rings is 1. The second-order valence-electron chi connectivity index (χ2n) is 5.65. The number of aliphatic hydroxyl groups is 1. The molecule has 100 valence electrons. The van der Waals surface area contributed by atoms with Crippen LogP contribution in [0.4, 0.5) is 0 Å². The van der Waals surface area contributed by atoms with E-state index in [0.717, 1.165) is 5.56 Å². The number of hydrogen-bond donors (Lipinski definition) is 1. The molecule has 0 amide bonds. The molecule has 1 aromatic carbocycles. The lowest BCUT2D eigenvalue weighted by Gasteiger charge is -2.15. The summed E-state index contributed by atoms with van der Waals surface area (Å²) in [5, 5.41) is 14.0. The van der Waals surface area contributed by atoms with Crippen LogP contribution in [0, 0.1) is 20.8 Å². The van der Waals surface area contributed by atoms with Crippen LogP contribution in [0.25, 0.3) is 5.69 Å². The minimum Gasteiger partial charge on any atom is -0.392 e. The van der Waals surface area contributed by atoms with Crippen LogP contribution in [0.2, 0.25) is 0 Å². The molecule has 0 spiro atoms. The van der Waals surface area contributed by atoms with E-state index < -0.39 is 0 Å². The fraction of sp³-hybridized carbons (Fsp3) is 0.438. The Hall–Kier alpha value is -1.61. The SMILES string of the molecule is Cc1cc(C)c(-n2ncc(CO)c2C2CC2)c(C)c1. The van der Waals surface area contributed by atoms with E-state index in [9.17, 15) is 5.11 Å². The van der Waals surface area contributed by atoms with Crippen LogP contribution >= 0.6 is 0 Å². The molecule has 0 radical (unpaired) electrons. The maximum atomic E-state index is 9.48. The summed E-state index contributed by atoms with van der Waals surface area (Å²) in [5.74, 6) is 0.574. The lowest BCUT2D eigenvalue weighted by molar-refractivity contribution is 0.280. The number of nitrogens with zero attached hydrogens (tertiary/aromatic N) is 2. The summed E-state index contributed by atoms with van der Waals surface area (Å²) in [4.78, 5) is 0. The van der Waals surface area contributed by atoms with Crippen LogP contribution in [0.5, 0.6) is 0 Å². The number of hydrogen-bond acceptors (Lipinski definition) is 2. The third kappa shape index (κ3) is 2.08. The van der Waals surface area contributed by atoms with Crippen molar-refractivity contribution in [2.45, 2.75) is 46.1 Å². The molecule has 1 aliphatic carbocycles. The van der Waals surface area contributed by atoms with Gasteiger partial charge >= 0.3 is 0 Å². The van der Waals surface area contributed by atoms with E-state index in [1.165, 1.54) is 40.9 Å². The van der Waals surface area contributed by atoms with Gasteiger partial charge in [0.25, 0.3) is 0 Å². The molecule has 1 saturated carbocycles. The van der Waals surface area contributed by atoms with Crippen molar-refractivity contribution in [3.63, 3.8) is 0 Å². The van der Waals surface area contributed by atoms with Gasteiger partial charge in [-0.15, -0.1) is 0 Å². The van der Waals surface area contributed by atoms with E-state index in [-0.39, 0.29) is 6.61 Å². The Morgan fingerprint density at radius 2 is 1.84 bits per heavy atom. The van der Waals surface area contributed by atoms with Crippen LogP contribution in [0.1, 0.15) is 46.7 Å². The first-order valence-electron chi connectivity index (χ1n) is 6.87. The quantitative estimate of drug-likeness (QED) is 0.916. The van der Waals surface area contributed by atoms with Gasteiger partial charge in [0.2, 0.25) is 0 Å². The Morgan fingerprint density at radius 1 is 1.21 bits per heavy atom. The summed E-state index contributed by atoms with van der Waals surface area (Å²) in [6.07, 6.45) is 4.23. The van der Waals surface area contributed by atoms with Gasteiger partial charge < -0.3 is 5.11 Å². The van der Waals surface area contributed by atoms with Crippen LogP contribution in [-0.4, -0.2) is 14.9 Å². The van der Waals surface area contributed by atoms with Crippen molar-refractivity contribution >= 4 is 0 Å². The van der Waals surface area contributed by atoms with Gasteiger partial charge in [-0.05, 0) is 44.7 Å². The maximum Gasteiger partial charge on any atom is 0.0715 e. The first kappa shape index (κ1) is 12.4. The molecule has 1 aromatic heterocycles. The zero-order chi connectivity index (χ0) is 13.6. The Kier molecular flexibility index (Phi) is 2.94. The molecule has 1 heterocycles. The van der Waals surface area contributed by atoms with Crippen molar-refractivity contribution in [1.82, 2.24) is 9.78 Å². The first-order chi connectivity index (χ1) is 9.11. The van der Waals surface area contributed by atoms with E-state index in [4.69, 9.17) is 0 Å². The molecule has 0 saturated heterocycles. The monoisotopic (exact) mass is 256 g/mol. The lowest BCUT2D eigenvalue weighted by atomic mass is 10.0. The third-order valence-corrected chi connectivity index (χ3v) is 3.87. The summed E-state index contributed by atoms with van der Waals surface area (Å²) >= 11 is 0. The maximum absolute atomic E-state index is 9.48. The molecule has 0 unspecified atom stereocenters. The van der Waals surface area contributed by atoms with Crippen molar-refractivity contribution < 1.29 is 5.11 Å². The minimum absolute atomic E-state index is 0.0792. The van der Waals surface area contributed by atoms with Crippen LogP contribution in [-0.2, 0) is 6.61 Å². The molecule has 0 aliphatic heterocycles. The van der Waals surface area contributed by atoms with E-state index in [1.54, 1.807) is 0 Å². The fourth-order valence-corrected chi connectivity index (χ4v) is 2.99. The standard InChI is InChI=1S/C16H20N2O/c1-10-6-11(2)15(12(3)7-10)18-16(13-4-5-13)14(9-19)8-17-18/h6-8,13,19H,4-5,9H2,1-3H3. The molecular formula is C16H20N2O. The van der Waals surface area contributed by atoms with Crippen molar-refractivity contribution in [3.8, 4) is 5.69 Å². The van der Waals surface area contributed by atoms with Crippen molar-refractivity contribution in [3.05, 3.63) is 46.3 Å². The second-order valence-corrected chi connectivity index (χ2v) is 5.65. The second kappa shape index (κ2) is 4.49. The van der Waals surface area contributed by atoms with Crippen molar-refractivity contribution in [1.29, 1.82) is 0 Å². The van der Waals surface area contributed by atoms with Gasteiger partial charge in [0.05, 0.1) is 24.2 Å². The number of aliphatic hydroxyl groups excluding tert-OH is 1. The fourth-order valence-electron chi connectivity index (χ4n) is 2.99. The highest BCUT2D eigenvalue weighted by atomic mass is 16.3. The summed E-state index contributed by atoms with van der Waals surface area (Å²) in [5.41, 5.74) is 7.12. The summed E-state index contributed by atoms with van der Waals surface area (Å²) in [6, 6.07) is 4.39. The topological polar surface area (TPSA) is 38.0 Å². The van der Waals surface area contributed by atoms with E-state index in [1.807, 2.05) is 10.9 Å². The molecule has 0 bridgehead atoms. The smallest absolute Gasteiger partial charge is 0.0715 e. The van der Waals surface area contributed by atoms with Gasteiger partial charge in [0.15, 0.2) is 0 Å². The van der Waals surface area contributed by atoms with Crippen LogP contribution in [0.15, 0.2) is 18.3 Å². The molecule has 0 atom stereocenters.